The van der Waals surface area contributed by atoms with Crippen LogP contribution in [0, 0.1) is 19.8 Å². The number of carbonyl (C=O) groups is 1. The monoisotopic (exact) mass is 223 g/mol. The van der Waals surface area contributed by atoms with E-state index in [0.717, 1.165) is 37.3 Å². The number of rotatable bonds is 2. The molecule has 1 fully saturated rings. The molecule has 0 bridgehead atoms. The maximum atomic E-state index is 10.8. The maximum absolute atomic E-state index is 10.8. The zero-order valence-electron chi connectivity index (χ0n) is 9.68. The lowest BCUT2D eigenvalue weighted by molar-refractivity contribution is -0.143. The van der Waals surface area contributed by atoms with Gasteiger partial charge in [-0.05, 0) is 39.5 Å². The predicted octanol–water partition coefficient (Wildman–Crippen LogP) is 1.71. The SMILES string of the molecule is Cc1nc(C)n(C2CCC(C(=O)O)CC2)n1. The standard InChI is InChI=1S/C11H17N3O2/c1-7-12-8(2)14(13-7)10-5-3-9(4-6-10)11(15)16/h9-10H,3-6H2,1-2H3,(H,15,16). The van der Waals surface area contributed by atoms with Crippen molar-refractivity contribution in [1.82, 2.24) is 14.8 Å². The Bertz CT molecular complexity index is 392. The molecule has 0 aromatic carbocycles. The third-order valence-corrected chi connectivity index (χ3v) is 3.30. The van der Waals surface area contributed by atoms with Gasteiger partial charge in [0.25, 0.3) is 0 Å². The van der Waals surface area contributed by atoms with Gasteiger partial charge in [0, 0.05) is 0 Å². The molecule has 1 saturated carbocycles. The van der Waals surface area contributed by atoms with Gasteiger partial charge in [-0.1, -0.05) is 0 Å². The van der Waals surface area contributed by atoms with Crippen LogP contribution >= 0.6 is 0 Å². The molecular weight excluding hydrogens is 206 g/mol. The zero-order valence-corrected chi connectivity index (χ0v) is 9.68. The second-order valence-electron chi connectivity index (χ2n) is 4.49. The van der Waals surface area contributed by atoms with Crippen LogP contribution in [-0.2, 0) is 4.79 Å². The largest absolute Gasteiger partial charge is 0.481 e. The number of nitrogens with zero attached hydrogens (tertiary/aromatic N) is 3. The van der Waals surface area contributed by atoms with Crippen LogP contribution in [0.3, 0.4) is 0 Å². The first-order chi connectivity index (χ1) is 7.58. The van der Waals surface area contributed by atoms with Gasteiger partial charge in [-0.25, -0.2) is 9.67 Å². The maximum Gasteiger partial charge on any atom is 0.306 e. The van der Waals surface area contributed by atoms with E-state index in [4.69, 9.17) is 5.11 Å². The van der Waals surface area contributed by atoms with E-state index < -0.39 is 5.97 Å². The van der Waals surface area contributed by atoms with Crippen molar-refractivity contribution in [2.45, 2.75) is 45.6 Å². The lowest BCUT2D eigenvalue weighted by Gasteiger charge is -2.26. The molecule has 2 rings (SSSR count). The fourth-order valence-corrected chi connectivity index (χ4v) is 2.45. The third-order valence-electron chi connectivity index (χ3n) is 3.30. The topological polar surface area (TPSA) is 68.0 Å². The van der Waals surface area contributed by atoms with Crippen LogP contribution < -0.4 is 0 Å². The molecule has 1 heterocycles. The highest BCUT2D eigenvalue weighted by atomic mass is 16.4. The van der Waals surface area contributed by atoms with Gasteiger partial charge in [-0.3, -0.25) is 4.79 Å². The molecule has 0 spiro atoms. The number of carboxylic acids is 1. The molecule has 0 radical (unpaired) electrons. The fraction of sp³-hybridized carbons (Fsp3) is 0.727. The van der Waals surface area contributed by atoms with E-state index in [0.29, 0.717) is 6.04 Å². The van der Waals surface area contributed by atoms with Crippen molar-refractivity contribution >= 4 is 5.97 Å². The van der Waals surface area contributed by atoms with E-state index in [1.54, 1.807) is 0 Å². The number of hydrogen-bond donors (Lipinski definition) is 1. The van der Waals surface area contributed by atoms with Crippen LogP contribution in [-0.4, -0.2) is 25.8 Å². The van der Waals surface area contributed by atoms with Crippen molar-refractivity contribution in [3.63, 3.8) is 0 Å². The lowest BCUT2D eigenvalue weighted by atomic mass is 9.86. The molecule has 5 nitrogen and oxygen atoms in total. The Labute approximate surface area is 94.5 Å². The summed E-state index contributed by atoms with van der Waals surface area (Å²) in [7, 11) is 0. The molecule has 0 amide bonds. The van der Waals surface area contributed by atoms with E-state index in [-0.39, 0.29) is 5.92 Å². The van der Waals surface area contributed by atoms with Crippen LogP contribution in [0.15, 0.2) is 0 Å². The number of hydrogen-bond acceptors (Lipinski definition) is 3. The summed E-state index contributed by atoms with van der Waals surface area (Å²) in [5, 5.41) is 13.3. The van der Waals surface area contributed by atoms with E-state index in [1.165, 1.54) is 0 Å². The molecule has 1 aromatic rings. The summed E-state index contributed by atoms with van der Waals surface area (Å²) >= 11 is 0. The molecule has 16 heavy (non-hydrogen) atoms. The summed E-state index contributed by atoms with van der Waals surface area (Å²) in [6.07, 6.45) is 3.28. The predicted molar refractivity (Wildman–Crippen MR) is 58.1 cm³/mol. The molecule has 0 aliphatic heterocycles. The highest BCUT2D eigenvalue weighted by Crippen LogP contribution is 2.32. The second kappa shape index (κ2) is 4.23. The molecule has 0 unspecified atom stereocenters. The molecule has 0 saturated heterocycles. The summed E-state index contributed by atoms with van der Waals surface area (Å²) in [5.41, 5.74) is 0. The van der Waals surface area contributed by atoms with Gasteiger partial charge in [-0.2, -0.15) is 5.10 Å². The molecule has 1 aliphatic rings. The number of carboxylic acid groups (broad SMARTS) is 1. The van der Waals surface area contributed by atoms with Crippen LogP contribution in [0.1, 0.15) is 43.4 Å². The normalized spacial score (nSPS) is 25.6. The highest BCUT2D eigenvalue weighted by Gasteiger charge is 2.27. The van der Waals surface area contributed by atoms with E-state index in [9.17, 15) is 4.79 Å². The molecular formula is C11H17N3O2. The second-order valence-corrected chi connectivity index (χ2v) is 4.49. The quantitative estimate of drug-likeness (QED) is 0.828. The minimum Gasteiger partial charge on any atom is -0.481 e. The Hall–Kier alpha value is -1.39. The minimum atomic E-state index is -0.662. The van der Waals surface area contributed by atoms with Gasteiger partial charge in [0.2, 0.25) is 0 Å². The first-order valence-corrected chi connectivity index (χ1v) is 5.70. The van der Waals surface area contributed by atoms with Crippen LogP contribution in [0.5, 0.6) is 0 Å². The van der Waals surface area contributed by atoms with Gasteiger partial charge in [-0.15, -0.1) is 0 Å². The summed E-state index contributed by atoms with van der Waals surface area (Å²) < 4.78 is 1.95. The van der Waals surface area contributed by atoms with Crippen LogP contribution in [0.2, 0.25) is 0 Å². The van der Waals surface area contributed by atoms with Gasteiger partial charge >= 0.3 is 5.97 Å². The van der Waals surface area contributed by atoms with Crippen molar-refractivity contribution in [1.29, 1.82) is 0 Å². The summed E-state index contributed by atoms with van der Waals surface area (Å²) in [6, 6.07) is 0.330. The van der Waals surface area contributed by atoms with E-state index in [1.807, 2.05) is 18.5 Å². The summed E-state index contributed by atoms with van der Waals surface area (Å²) in [4.78, 5) is 15.1. The summed E-state index contributed by atoms with van der Waals surface area (Å²) in [5.74, 6) is 0.889. The van der Waals surface area contributed by atoms with Crippen molar-refractivity contribution in [3.05, 3.63) is 11.6 Å². The van der Waals surface area contributed by atoms with Gasteiger partial charge in [0.15, 0.2) is 0 Å². The summed E-state index contributed by atoms with van der Waals surface area (Å²) in [6.45, 7) is 3.83. The third kappa shape index (κ3) is 2.08. The zero-order chi connectivity index (χ0) is 11.7. The van der Waals surface area contributed by atoms with Crippen LogP contribution in [0.25, 0.3) is 0 Å². The number of aryl methyl sites for hydroxylation is 2. The lowest BCUT2D eigenvalue weighted by Crippen LogP contribution is -2.24. The van der Waals surface area contributed by atoms with Gasteiger partial charge in [0.1, 0.15) is 11.6 Å². The number of aromatic nitrogens is 3. The Morgan fingerprint density at radius 2 is 1.94 bits per heavy atom. The fourth-order valence-electron chi connectivity index (χ4n) is 2.45. The van der Waals surface area contributed by atoms with Crippen molar-refractivity contribution in [2.75, 3.05) is 0 Å². The minimum absolute atomic E-state index is 0.166. The number of aliphatic carboxylic acids is 1. The van der Waals surface area contributed by atoms with E-state index >= 15 is 0 Å². The molecule has 0 atom stereocenters. The van der Waals surface area contributed by atoms with Crippen molar-refractivity contribution in [2.24, 2.45) is 5.92 Å². The van der Waals surface area contributed by atoms with Gasteiger partial charge in [0.05, 0.1) is 12.0 Å². The highest BCUT2D eigenvalue weighted by molar-refractivity contribution is 5.70. The Balaban J connectivity index is 2.04. The Morgan fingerprint density at radius 3 is 2.38 bits per heavy atom. The Kier molecular flexibility index (Phi) is 2.94. The molecule has 1 N–H and O–H groups in total. The van der Waals surface area contributed by atoms with Gasteiger partial charge < -0.3 is 5.11 Å². The first kappa shape index (κ1) is 11.1. The van der Waals surface area contributed by atoms with Crippen molar-refractivity contribution < 1.29 is 9.90 Å². The van der Waals surface area contributed by atoms with Crippen molar-refractivity contribution in [3.8, 4) is 0 Å². The smallest absolute Gasteiger partial charge is 0.306 e. The molecule has 1 aromatic heterocycles. The average molecular weight is 223 g/mol. The Morgan fingerprint density at radius 1 is 1.31 bits per heavy atom. The average Bonchev–Trinajstić information content (AvgIpc) is 2.58. The first-order valence-electron chi connectivity index (χ1n) is 5.70. The molecule has 5 heteroatoms. The molecule has 88 valence electrons. The molecule has 1 aliphatic carbocycles. The van der Waals surface area contributed by atoms with E-state index in [2.05, 4.69) is 10.1 Å². The van der Waals surface area contributed by atoms with Crippen LogP contribution in [0.4, 0.5) is 0 Å².